The Morgan fingerprint density at radius 3 is 2.67 bits per heavy atom. The largest absolute Gasteiger partial charge is 0.381 e. The van der Waals surface area contributed by atoms with Gasteiger partial charge in [-0.2, -0.15) is 0 Å². The minimum atomic E-state index is 0.632. The fraction of sp³-hybridized carbons (Fsp3) is 1.00. The highest BCUT2D eigenvalue weighted by Crippen LogP contribution is 2.20. The summed E-state index contributed by atoms with van der Waals surface area (Å²) in [6, 6.07) is 1.40. The number of rotatable bonds is 4. The lowest BCUT2D eigenvalue weighted by Crippen LogP contribution is -2.49. The number of nitrogens with one attached hydrogen (secondary N) is 1. The van der Waals surface area contributed by atoms with Crippen LogP contribution < -0.4 is 5.32 Å². The minimum Gasteiger partial charge on any atom is -0.381 e. The van der Waals surface area contributed by atoms with E-state index in [1.807, 2.05) is 0 Å². The van der Waals surface area contributed by atoms with Crippen molar-refractivity contribution in [3.05, 3.63) is 0 Å². The van der Waals surface area contributed by atoms with Crippen LogP contribution >= 0.6 is 0 Å². The summed E-state index contributed by atoms with van der Waals surface area (Å²) in [5.41, 5.74) is 0. The smallest absolute Gasteiger partial charge is 0.0521 e. The summed E-state index contributed by atoms with van der Waals surface area (Å²) in [4.78, 5) is 5.00. The van der Waals surface area contributed by atoms with Crippen LogP contribution in [0.3, 0.4) is 0 Å². The van der Waals surface area contributed by atoms with Crippen LogP contribution in [0.4, 0.5) is 0 Å². The van der Waals surface area contributed by atoms with E-state index in [0.717, 1.165) is 25.7 Å². The lowest BCUT2D eigenvalue weighted by molar-refractivity contribution is 0.0119. The molecule has 2 saturated heterocycles. The number of ether oxygens (including phenoxy) is 1. The van der Waals surface area contributed by atoms with Crippen LogP contribution in [0.15, 0.2) is 0 Å². The molecule has 2 aliphatic heterocycles. The lowest BCUT2D eigenvalue weighted by Gasteiger charge is -2.39. The van der Waals surface area contributed by atoms with E-state index in [1.165, 1.54) is 32.5 Å². The van der Waals surface area contributed by atoms with Crippen LogP contribution in [0.5, 0.6) is 0 Å². The summed E-state index contributed by atoms with van der Waals surface area (Å²) >= 11 is 0. The zero-order valence-corrected chi connectivity index (χ0v) is 12.2. The molecule has 2 unspecified atom stereocenters. The molecule has 2 atom stereocenters. The molecule has 0 aromatic carbocycles. The van der Waals surface area contributed by atoms with Gasteiger partial charge in [0.25, 0.3) is 0 Å². The van der Waals surface area contributed by atoms with E-state index < -0.39 is 0 Å². The second kappa shape index (κ2) is 6.85. The van der Waals surface area contributed by atoms with Crippen molar-refractivity contribution in [2.45, 2.75) is 31.3 Å². The highest BCUT2D eigenvalue weighted by Gasteiger charge is 2.28. The molecule has 2 rings (SSSR count). The molecule has 1 N–H and O–H groups in total. The molecular formula is C14H29N3O. The van der Waals surface area contributed by atoms with Gasteiger partial charge in [-0.25, -0.2) is 0 Å². The highest BCUT2D eigenvalue weighted by atomic mass is 16.5. The van der Waals surface area contributed by atoms with Crippen molar-refractivity contribution < 1.29 is 4.74 Å². The Bertz CT molecular complexity index is 241. The second-order valence-electron chi connectivity index (χ2n) is 5.99. The van der Waals surface area contributed by atoms with Gasteiger partial charge in [0, 0.05) is 31.2 Å². The number of hydrogen-bond acceptors (Lipinski definition) is 4. The first-order chi connectivity index (χ1) is 8.70. The topological polar surface area (TPSA) is 27.7 Å². The average molecular weight is 255 g/mol. The van der Waals surface area contributed by atoms with Crippen molar-refractivity contribution in [1.29, 1.82) is 0 Å². The zero-order valence-electron chi connectivity index (χ0n) is 12.2. The molecule has 0 spiro atoms. The molecule has 0 aromatic heterocycles. The Labute approximate surface area is 112 Å². The number of nitrogens with zero attached hydrogens (tertiary/aromatic N) is 2. The van der Waals surface area contributed by atoms with Crippen molar-refractivity contribution in [1.82, 2.24) is 15.1 Å². The van der Waals surface area contributed by atoms with Gasteiger partial charge in [0.1, 0.15) is 0 Å². The first-order valence-corrected chi connectivity index (χ1v) is 7.34. The van der Waals surface area contributed by atoms with Crippen molar-refractivity contribution in [3.63, 3.8) is 0 Å². The Balaban J connectivity index is 1.80. The highest BCUT2D eigenvalue weighted by molar-refractivity contribution is 4.84. The molecule has 0 radical (unpaired) electrons. The van der Waals surface area contributed by atoms with Gasteiger partial charge in [-0.3, -0.25) is 0 Å². The van der Waals surface area contributed by atoms with Gasteiger partial charge in [-0.05, 0) is 53.5 Å². The number of likely N-dealkylation sites (tertiary alicyclic amines) is 1. The zero-order chi connectivity index (χ0) is 13.0. The van der Waals surface area contributed by atoms with Gasteiger partial charge in [0.15, 0.2) is 0 Å². The van der Waals surface area contributed by atoms with Crippen LogP contribution in [-0.4, -0.2) is 75.9 Å². The Kier molecular flexibility index (Phi) is 5.42. The van der Waals surface area contributed by atoms with E-state index >= 15 is 0 Å². The number of hydrogen-bond donors (Lipinski definition) is 1. The van der Waals surface area contributed by atoms with Crippen molar-refractivity contribution in [2.75, 3.05) is 54.0 Å². The lowest BCUT2D eigenvalue weighted by atomic mass is 9.94. The Morgan fingerprint density at radius 2 is 2.00 bits per heavy atom. The van der Waals surface area contributed by atoms with E-state index in [9.17, 15) is 0 Å². The second-order valence-corrected chi connectivity index (χ2v) is 5.99. The maximum Gasteiger partial charge on any atom is 0.0521 e. The summed E-state index contributed by atoms with van der Waals surface area (Å²) < 4.78 is 5.64. The Hall–Kier alpha value is -0.160. The molecule has 0 aliphatic carbocycles. The third kappa shape index (κ3) is 3.67. The van der Waals surface area contributed by atoms with Crippen LogP contribution in [0, 0.1) is 5.92 Å². The molecule has 4 heteroatoms. The van der Waals surface area contributed by atoms with E-state index in [1.54, 1.807) is 0 Å². The SMILES string of the molecule is CNC1CCOCC1CN(C)C1CCN(C)CC1. The summed E-state index contributed by atoms with van der Waals surface area (Å²) in [5.74, 6) is 0.647. The minimum absolute atomic E-state index is 0.632. The standard InChI is InChI=1S/C14H29N3O/c1-15-14-6-9-18-11-12(14)10-17(3)13-4-7-16(2)8-5-13/h12-15H,4-11H2,1-3H3. The Morgan fingerprint density at radius 1 is 1.28 bits per heavy atom. The molecule has 0 aromatic rings. The molecule has 2 aliphatic rings. The quantitative estimate of drug-likeness (QED) is 0.798. The predicted molar refractivity (Wildman–Crippen MR) is 74.9 cm³/mol. The van der Waals surface area contributed by atoms with Gasteiger partial charge >= 0.3 is 0 Å². The first-order valence-electron chi connectivity index (χ1n) is 7.34. The van der Waals surface area contributed by atoms with Gasteiger partial charge in [-0.15, -0.1) is 0 Å². The molecular weight excluding hydrogens is 226 g/mol. The van der Waals surface area contributed by atoms with E-state index in [2.05, 4.69) is 36.3 Å². The molecule has 0 amide bonds. The third-order valence-corrected chi connectivity index (χ3v) is 4.68. The average Bonchev–Trinajstić information content (AvgIpc) is 2.40. The van der Waals surface area contributed by atoms with Crippen molar-refractivity contribution >= 4 is 0 Å². The summed E-state index contributed by atoms with van der Waals surface area (Å²) in [7, 11) is 6.60. The van der Waals surface area contributed by atoms with Crippen molar-refractivity contribution in [3.8, 4) is 0 Å². The van der Waals surface area contributed by atoms with Gasteiger partial charge < -0.3 is 19.9 Å². The molecule has 4 nitrogen and oxygen atoms in total. The van der Waals surface area contributed by atoms with Crippen LogP contribution in [0.2, 0.25) is 0 Å². The van der Waals surface area contributed by atoms with Gasteiger partial charge in [0.2, 0.25) is 0 Å². The molecule has 2 fully saturated rings. The van der Waals surface area contributed by atoms with Crippen LogP contribution in [0.25, 0.3) is 0 Å². The molecule has 0 saturated carbocycles. The monoisotopic (exact) mass is 255 g/mol. The van der Waals surface area contributed by atoms with Gasteiger partial charge in [0.05, 0.1) is 6.61 Å². The fourth-order valence-corrected chi connectivity index (χ4v) is 3.31. The van der Waals surface area contributed by atoms with Crippen LogP contribution in [-0.2, 0) is 4.74 Å². The van der Waals surface area contributed by atoms with Gasteiger partial charge in [-0.1, -0.05) is 0 Å². The van der Waals surface area contributed by atoms with E-state index in [4.69, 9.17) is 4.74 Å². The molecule has 2 heterocycles. The predicted octanol–water partition coefficient (Wildman–Crippen LogP) is 0.637. The first kappa shape index (κ1) is 14.3. The summed E-state index contributed by atoms with van der Waals surface area (Å²) in [6.07, 6.45) is 3.78. The normalized spacial score (nSPS) is 32.0. The molecule has 106 valence electrons. The summed E-state index contributed by atoms with van der Waals surface area (Å²) in [5, 5.41) is 3.45. The maximum absolute atomic E-state index is 5.64. The maximum atomic E-state index is 5.64. The summed E-state index contributed by atoms with van der Waals surface area (Å²) in [6.45, 7) is 5.49. The molecule has 0 bridgehead atoms. The third-order valence-electron chi connectivity index (χ3n) is 4.68. The number of piperidine rings is 1. The van der Waals surface area contributed by atoms with Crippen molar-refractivity contribution in [2.24, 2.45) is 5.92 Å². The van der Waals surface area contributed by atoms with Crippen LogP contribution in [0.1, 0.15) is 19.3 Å². The molecule has 18 heavy (non-hydrogen) atoms. The van der Waals surface area contributed by atoms with E-state index in [-0.39, 0.29) is 0 Å². The van der Waals surface area contributed by atoms with E-state index in [0.29, 0.717) is 12.0 Å². The fourth-order valence-electron chi connectivity index (χ4n) is 3.31.